The summed E-state index contributed by atoms with van der Waals surface area (Å²) < 4.78 is 0.728. The smallest absolute Gasteiger partial charge is 0.305 e. The molecule has 0 aromatic carbocycles. The maximum absolute atomic E-state index is 12.1. The molecule has 0 radical (unpaired) electrons. The molecule has 1 aromatic heterocycles. The van der Waals surface area contributed by atoms with E-state index < -0.39 is 11.5 Å². The molecule has 6 heteroatoms. The van der Waals surface area contributed by atoms with E-state index in [1.807, 2.05) is 19.2 Å². The predicted molar refractivity (Wildman–Crippen MR) is 75.0 cm³/mol. The molecule has 0 saturated carbocycles. The van der Waals surface area contributed by atoms with Crippen LogP contribution in [-0.2, 0) is 4.79 Å². The van der Waals surface area contributed by atoms with Crippen LogP contribution in [0.2, 0.25) is 0 Å². The van der Waals surface area contributed by atoms with Crippen molar-refractivity contribution in [3.8, 4) is 0 Å². The van der Waals surface area contributed by atoms with E-state index in [0.29, 0.717) is 4.88 Å². The number of halogens is 1. The van der Waals surface area contributed by atoms with Crippen molar-refractivity contribution in [2.75, 3.05) is 0 Å². The number of carbonyl (C=O) groups excluding carboxylic acids is 1. The molecule has 0 fully saturated rings. The molecule has 2 N–H and O–H groups in total. The molecule has 1 heterocycles. The fraction of sp³-hybridized carbons (Fsp3) is 0.500. The number of amides is 1. The zero-order valence-electron chi connectivity index (χ0n) is 10.5. The van der Waals surface area contributed by atoms with Gasteiger partial charge in [-0.3, -0.25) is 9.59 Å². The molecule has 0 bridgehead atoms. The topological polar surface area (TPSA) is 66.4 Å². The average molecular weight is 334 g/mol. The Labute approximate surface area is 119 Å². The molecule has 4 nitrogen and oxygen atoms in total. The van der Waals surface area contributed by atoms with Gasteiger partial charge in [0.2, 0.25) is 0 Å². The summed E-state index contributed by atoms with van der Waals surface area (Å²) in [5.74, 6) is -1.14. The third kappa shape index (κ3) is 3.55. The highest BCUT2D eigenvalue weighted by atomic mass is 79.9. The van der Waals surface area contributed by atoms with Crippen LogP contribution in [0.3, 0.4) is 0 Å². The largest absolute Gasteiger partial charge is 0.481 e. The van der Waals surface area contributed by atoms with E-state index in [2.05, 4.69) is 21.2 Å². The lowest BCUT2D eigenvalue weighted by Crippen LogP contribution is -2.51. The van der Waals surface area contributed by atoms with Crippen LogP contribution in [0.4, 0.5) is 0 Å². The number of rotatable bonds is 5. The lowest BCUT2D eigenvalue weighted by atomic mass is 9.85. The van der Waals surface area contributed by atoms with Crippen molar-refractivity contribution in [3.63, 3.8) is 0 Å². The highest BCUT2D eigenvalue weighted by Gasteiger charge is 2.33. The first-order valence-electron chi connectivity index (χ1n) is 5.53. The van der Waals surface area contributed by atoms with Crippen LogP contribution in [0.25, 0.3) is 0 Å². The minimum Gasteiger partial charge on any atom is -0.481 e. The standard InChI is InChI=1S/C12H16BrNO3S/c1-7(2)12(3,6-9(15)16)14-11(17)10-8(13)4-5-18-10/h4-5,7H,6H2,1-3H3,(H,14,17)(H,15,16). The quantitative estimate of drug-likeness (QED) is 0.869. The van der Waals surface area contributed by atoms with Gasteiger partial charge in [0.25, 0.3) is 5.91 Å². The lowest BCUT2D eigenvalue weighted by molar-refractivity contribution is -0.138. The molecule has 0 aliphatic carbocycles. The fourth-order valence-corrected chi connectivity index (χ4v) is 2.93. The molecule has 1 unspecified atom stereocenters. The maximum atomic E-state index is 12.1. The van der Waals surface area contributed by atoms with Gasteiger partial charge in [-0.05, 0) is 40.2 Å². The normalized spacial score (nSPS) is 14.3. The van der Waals surface area contributed by atoms with Crippen molar-refractivity contribution in [3.05, 3.63) is 20.8 Å². The predicted octanol–water partition coefficient (Wildman–Crippen LogP) is 3.13. The first-order valence-corrected chi connectivity index (χ1v) is 7.21. The highest BCUT2D eigenvalue weighted by Crippen LogP contribution is 2.26. The number of carboxylic acids is 1. The van der Waals surface area contributed by atoms with E-state index >= 15 is 0 Å². The number of carboxylic acid groups (broad SMARTS) is 1. The van der Waals surface area contributed by atoms with Gasteiger partial charge in [0.1, 0.15) is 4.88 Å². The molecule has 1 rings (SSSR count). The maximum Gasteiger partial charge on any atom is 0.305 e. The number of nitrogens with one attached hydrogen (secondary N) is 1. The molecule has 0 saturated heterocycles. The summed E-state index contributed by atoms with van der Waals surface area (Å²) in [4.78, 5) is 23.6. The van der Waals surface area contributed by atoms with Gasteiger partial charge in [0.15, 0.2) is 0 Å². The Morgan fingerprint density at radius 3 is 2.56 bits per heavy atom. The van der Waals surface area contributed by atoms with Crippen molar-refractivity contribution < 1.29 is 14.7 Å². The van der Waals surface area contributed by atoms with Gasteiger partial charge in [-0.2, -0.15) is 0 Å². The van der Waals surface area contributed by atoms with E-state index in [1.54, 1.807) is 13.0 Å². The summed E-state index contributed by atoms with van der Waals surface area (Å²) in [6.45, 7) is 5.55. The van der Waals surface area contributed by atoms with Gasteiger partial charge in [-0.1, -0.05) is 13.8 Å². The number of hydrogen-bond donors (Lipinski definition) is 2. The number of hydrogen-bond acceptors (Lipinski definition) is 3. The Balaban J connectivity index is 2.88. The van der Waals surface area contributed by atoms with Crippen molar-refractivity contribution in [1.82, 2.24) is 5.32 Å². The van der Waals surface area contributed by atoms with Crippen LogP contribution >= 0.6 is 27.3 Å². The van der Waals surface area contributed by atoms with Gasteiger partial charge in [0.05, 0.1) is 12.0 Å². The Hall–Kier alpha value is -0.880. The van der Waals surface area contributed by atoms with Gasteiger partial charge in [-0.25, -0.2) is 0 Å². The summed E-state index contributed by atoms with van der Waals surface area (Å²) in [7, 11) is 0. The van der Waals surface area contributed by atoms with Crippen molar-refractivity contribution in [2.24, 2.45) is 5.92 Å². The molecule has 0 aliphatic heterocycles. The molecule has 100 valence electrons. The second-order valence-corrected chi connectivity index (χ2v) is 6.46. The first-order chi connectivity index (χ1) is 8.26. The van der Waals surface area contributed by atoms with Gasteiger partial charge in [-0.15, -0.1) is 11.3 Å². The highest BCUT2D eigenvalue weighted by molar-refractivity contribution is 9.10. The van der Waals surface area contributed by atoms with E-state index in [-0.39, 0.29) is 18.2 Å². The fourth-order valence-electron chi connectivity index (χ4n) is 1.48. The van der Waals surface area contributed by atoms with Crippen molar-refractivity contribution in [2.45, 2.75) is 32.7 Å². The van der Waals surface area contributed by atoms with Crippen LogP contribution in [0, 0.1) is 5.92 Å². The SMILES string of the molecule is CC(C)C(C)(CC(=O)O)NC(=O)c1sccc1Br. The molecule has 1 amide bonds. The molecule has 0 spiro atoms. The van der Waals surface area contributed by atoms with Gasteiger partial charge >= 0.3 is 5.97 Å². The van der Waals surface area contributed by atoms with E-state index in [9.17, 15) is 9.59 Å². The van der Waals surface area contributed by atoms with Gasteiger partial charge in [0, 0.05) is 4.47 Å². The summed E-state index contributed by atoms with van der Waals surface area (Å²) in [6, 6.07) is 1.80. The third-order valence-electron chi connectivity index (χ3n) is 3.02. The zero-order chi connectivity index (χ0) is 13.9. The molecule has 1 aromatic rings. The summed E-state index contributed by atoms with van der Waals surface area (Å²) in [5, 5.41) is 13.6. The number of carbonyl (C=O) groups is 2. The van der Waals surface area contributed by atoms with E-state index in [4.69, 9.17) is 5.11 Å². The molecule has 0 aliphatic rings. The van der Waals surface area contributed by atoms with Crippen molar-refractivity contribution >= 4 is 39.1 Å². The number of aliphatic carboxylic acids is 1. The summed E-state index contributed by atoms with van der Waals surface area (Å²) in [6.07, 6.45) is -0.0978. The third-order valence-corrected chi connectivity index (χ3v) is 4.85. The molecular formula is C12H16BrNO3S. The van der Waals surface area contributed by atoms with Crippen LogP contribution in [0.1, 0.15) is 36.9 Å². The Morgan fingerprint density at radius 2 is 2.17 bits per heavy atom. The van der Waals surface area contributed by atoms with Gasteiger partial charge < -0.3 is 10.4 Å². The Bertz CT molecular complexity index is 458. The monoisotopic (exact) mass is 333 g/mol. The minimum absolute atomic E-state index is 0.0243. The summed E-state index contributed by atoms with van der Waals surface area (Å²) >= 11 is 4.62. The second kappa shape index (κ2) is 5.84. The van der Waals surface area contributed by atoms with Crippen LogP contribution in [0.5, 0.6) is 0 Å². The number of thiophene rings is 1. The van der Waals surface area contributed by atoms with Crippen LogP contribution < -0.4 is 5.32 Å². The van der Waals surface area contributed by atoms with E-state index in [0.717, 1.165) is 4.47 Å². The second-order valence-electron chi connectivity index (χ2n) is 4.69. The van der Waals surface area contributed by atoms with Crippen LogP contribution in [-0.4, -0.2) is 22.5 Å². The average Bonchev–Trinajstić information content (AvgIpc) is 2.62. The minimum atomic E-state index is -0.920. The Kier molecular flexibility index (Phi) is 4.92. The van der Waals surface area contributed by atoms with Crippen molar-refractivity contribution in [1.29, 1.82) is 0 Å². The molecular weight excluding hydrogens is 318 g/mol. The van der Waals surface area contributed by atoms with Crippen LogP contribution in [0.15, 0.2) is 15.9 Å². The zero-order valence-corrected chi connectivity index (χ0v) is 12.9. The lowest BCUT2D eigenvalue weighted by Gasteiger charge is -2.33. The molecule has 1 atom stereocenters. The Morgan fingerprint density at radius 1 is 1.56 bits per heavy atom. The first kappa shape index (κ1) is 15.2. The molecule has 18 heavy (non-hydrogen) atoms. The van der Waals surface area contributed by atoms with E-state index in [1.165, 1.54) is 11.3 Å². The summed E-state index contributed by atoms with van der Waals surface area (Å²) in [5.41, 5.74) is -0.758.